The fourth-order valence-corrected chi connectivity index (χ4v) is 4.24. The van der Waals surface area contributed by atoms with Gasteiger partial charge >= 0.3 is 0 Å². The molecule has 0 saturated carbocycles. The molecule has 123 valence electrons. The van der Waals surface area contributed by atoms with Gasteiger partial charge in [-0.1, -0.05) is 0 Å². The first-order valence-electron chi connectivity index (χ1n) is 7.64. The molecule has 0 aliphatic carbocycles. The van der Waals surface area contributed by atoms with E-state index in [1.54, 1.807) is 13.2 Å². The number of methoxy groups -OCH3 is 2. The molecule has 3 unspecified atom stereocenters. The summed E-state index contributed by atoms with van der Waals surface area (Å²) in [5.74, 6) is 1.14. The van der Waals surface area contributed by atoms with Crippen molar-refractivity contribution in [3.05, 3.63) is 23.3 Å². The van der Waals surface area contributed by atoms with Crippen molar-refractivity contribution in [1.82, 2.24) is 4.31 Å². The summed E-state index contributed by atoms with van der Waals surface area (Å²) in [4.78, 5) is 0. The second kappa shape index (κ2) is 6.00. The Hall–Kier alpha value is -1.12. The van der Waals surface area contributed by atoms with Crippen LogP contribution in [0.2, 0.25) is 10.9 Å². The number of fused-ring (bicyclic) bond motifs is 1. The summed E-state index contributed by atoms with van der Waals surface area (Å²) < 4.78 is 36.0. The maximum absolute atomic E-state index is 12.0. The van der Waals surface area contributed by atoms with E-state index in [2.05, 4.69) is 0 Å². The lowest BCUT2D eigenvalue weighted by Gasteiger charge is -2.37. The van der Waals surface area contributed by atoms with E-state index in [-0.39, 0.29) is 12.3 Å². The van der Waals surface area contributed by atoms with Gasteiger partial charge in [0.1, 0.15) is 0 Å². The molecule has 24 heavy (non-hydrogen) atoms. The highest BCUT2D eigenvalue weighted by Gasteiger charge is 2.49. The van der Waals surface area contributed by atoms with E-state index in [0.717, 1.165) is 11.1 Å². The third kappa shape index (κ3) is 3.07. The Morgan fingerprint density at radius 3 is 2.46 bits per heavy atom. The number of nitrogens with zero attached hydrogens (tertiary/aromatic N) is 1. The summed E-state index contributed by atoms with van der Waals surface area (Å²) in [7, 11) is 13.1. The van der Waals surface area contributed by atoms with Crippen LogP contribution in [0, 0.1) is 0 Å². The van der Waals surface area contributed by atoms with Crippen molar-refractivity contribution >= 4 is 33.2 Å². The van der Waals surface area contributed by atoms with Gasteiger partial charge in [0, 0.05) is 6.54 Å². The molecular formula is C14H18B3N2O4S. The van der Waals surface area contributed by atoms with Crippen molar-refractivity contribution in [2.45, 2.75) is 29.8 Å². The molecule has 10 heteroatoms. The Bertz CT molecular complexity index is 761. The van der Waals surface area contributed by atoms with Crippen LogP contribution in [-0.4, -0.2) is 56.5 Å². The Balaban J connectivity index is 2.07. The van der Waals surface area contributed by atoms with E-state index in [9.17, 15) is 8.42 Å². The number of rotatable bonds is 5. The van der Waals surface area contributed by atoms with Gasteiger partial charge in [-0.05, 0) is 36.1 Å². The fourth-order valence-electron chi connectivity index (χ4n) is 3.35. The minimum Gasteiger partial charge on any atom is -0.493 e. The number of nitrogens with two attached hydrogens (primary N) is 1. The van der Waals surface area contributed by atoms with Crippen LogP contribution in [0.5, 0.6) is 11.5 Å². The van der Waals surface area contributed by atoms with Crippen LogP contribution in [0.3, 0.4) is 0 Å². The van der Waals surface area contributed by atoms with E-state index in [4.69, 9.17) is 30.3 Å². The van der Waals surface area contributed by atoms with Crippen LogP contribution in [0.4, 0.5) is 0 Å². The summed E-state index contributed by atoms with van der Waals surface area (Å²) >= 11 is 0. The molecule has 1 saturated heterocycles. The lowest BCUT2D eigenvalue weighted by molar-refractivity contribution is 0.287. The lowest BCUT2D eigenvalue weighted by Crippen LogP contribution is -2.44. The van der Waals surface area contributed by atoms with Crippen molar-refractivity contribution in [1.29, 1.82) is 0 Å². The third-order valence-electron chi connectivity index (χ3n) is 4.83. The standard InChI is InChI=1S/C14H18B3N2O4S/c1-22-11-5-8-3-4-19(24(18,20)21)10(7-14(16)13(15)17-14)9(8)6-12(11)23-2/h5-6,10,13H,3-4,7H2,1-2H3,(H2,18,20,21). The normalized spacial score (nSPS) is 29.5. The highest BCUT2D eigenvalue weighted by atomic mass is 32.2. The average molecular weight is 343 g/mol. The Morgan fingerprint density at radius 2 is 1.96 bits per heavy atom. The first-order valence-corrected chi connectivity index (χ1v) is 9.15. The topological polar surface area (TPSA) is 81.9 Å². The molecule has 3 atom stereocenters. The zero-order valence-corrected chi connectivity index (χ0v) is 14.5. The molecule has 6 nitrogen and oxygen atoms in total. The van der Waals surface area contributed by atoms with Crippen molar-refractivity contribution < 1.29 is 17.9 Å². The van der Waals surface area contributed by atoms with Crippen LogP contribution < -0.4 is 14.6 Å². The van der Waals surface area contributed by atoms with Gasteiger partial charge in [-0.15, -0.1) is 10.9 Å². The van der Waals surface area contributed by atoms with Gasteiger partial charge in [0.25, 0.3) is 10.2 Å². The molecule has 2 aliphatic rings. The molecule has 0 spiro atoms. The van der Waals surface area contributed by atoms with E-state index in [1.165, 1.54) is 11.4 Å². The van der Waals surface area contributed by atoms with Gasteiger partial charge in [0.05, 0.1) is 43.2 Å². The lowest BCUT2D eigenvalue weighted by atomic mass is 9.65. The van der Waals surface area contributed by atoms with Gasteiger partial charge in [-0.25, -0.2) is 5.14 Å². The molecule has 2 heterocycles. The summed E-state index contributed by atoms with van der Waals surface area (Å²) in [6.07, 6.45) is 0.906. The van der Waals surface area contributed by atoms with Gasteiger partial charge in [-0.3, -0.25) is 0 Å². The third-order valence-corrected chi connectivity index (χ3v) is 5.92. The first kappa shape index (κ1) is 17.7. The minimum absolute atomic E-state index is 0.245. The fraction of sp³-hybridized carbons (Fsp3) is 0.571. The highest BCUT2D eigenvalue weighted by molar-refractivity contribution is 7.86. The van der Waals surface area contributed by atoms with Gasteiger partial charge in [0.15, 0.2) is 11.5 Å². The smallest absolute Gasteiger partial charge is 0.277 e. The summed E-state index contributed by atoms with van der Waals surface area (Å²) in [6.45, 7) is 0.289. The number of ether oxygens (including phenoxy) is 2. The van der Waals surface area contributed by atoms with Crippen LogP contribution in [-0.2, 0) is 16.6 Å². The average Bonchev–Trinajstić information content (AvgIpc) is 3.11. The maximum atomic E-state index is 12.0. The molecule has 5 radical (unpaired) electrons. The number of benzene rings is 1. The van der Waals surface area contributed by atoms with Crippen LogP contribution in [0.25, 0.3) is 0 Å². The van der Waals surface area contributed by atoms with Crippen LogP contribution in [0.1, 0.15) is 23.6 Å². The van der Waals surface area contributed by atoms with E-state index >= 15 is 0 Å². The molecule has 2 aliphatic heterocycles. The van der Waals surface area contributed by atoms with E-state index in [0.29, 0.717) is 24.3 Å². The zero-order chi connectivity index (χ0) is 17.7. The first-order chi connectivity index (χ1) is 11.2. The molecule has 1 aromatic rings. The van der Waals surface area contributed by atoms with Gasteiger partial charge < -0.3 is 9.47 Å². The Kier molecular flexibility index (Phi) is 4.43. The summed E-state index contributed by atoms with van der Waals surface area (Å²) in [6, 6.07) is 3.19. The van der Waals surface area contributed by atoms with Crippen LogP contribution >= 0.6 is 0 Å². The SMILES string of the molecule is [B]C1[B]C1([B])CC1c2cc(OC)c(OC)cc2CCN1S(N)(=O)=O. The predicted octanol–water partition coefficient (Wildman–Crippen LogP) is 0.114. The second-order valence-electron chi connectivity index (χ2n) is 6.34. The maximum Gasteiger partial charge on any atom is 0.277 e. The van der Waals surface area contributed by atoms with Crippen molar-refractivity contribution in [2.24, 2.45) is 5.14 Å². The molecule has 0 amide bonds. The van der Waals surface area contributed by atoms with Gasteiger partial charge in [0.2, 0.25) is 0 Å². The molecule has 2 N–H and O–H groups in total. The zero-order valence-electron chi connectivity index (χ0n) is 13.7. The van der Waals surface area contributed by atoms with Crippen molar-refractivity contribution in [3.63, 3.8) is 0 Å². The highest BCUT2D eigenvalue weighted by Crippen LogP contribution is 2.58. The van der Waals surface area contributed by atoms with E-state index < -0.39 is 21.5 Å². The summed E-state index contributed by atoms with van der Waals surface area (Å²) in [5.41, 5.74) is 1.57. The van der Waals surface area contributed by atoms with Crippen molar-refractivity contribution in [2.75, 3.05) is 20.8 Å². The number of hydrogen-bond donors (Lipinski definition) is 1. The second-order valence-corrected chi connectivity index (χ2v) is 7.84. The minimum atomic E-state index is -3.86. The molecular weight excluding hydrogens is 325 g/mol. The quantitative estimate of drug-likeness (QED) is 0.770. The molecule has 1 aromatic carbocycles. The van der Waals surface area contributed by atoms with Gasteiger partial charge in [-0.2, -0.15) is 12.7 Å². The summed E-state index contributed by atoms with van der Waals surface area (Å²) in [5, 5.41) is 4.73. The largest absolute Gasteiger partial charge is 0.493 e. The number of hydrogen-bond acceptors (Lipinski definition) is 4. The molecule has 3 rings (SSSR count). The van der Waals surface area contributed by atoms with E-state index in [1.807, 2.05) is 13.3 Å². The monoisotopic (exact) mass is 343 g/mol. The predicted molar refractivity (Wildman–Crippen MR) is 94.1 cm³/mol. The Labute approximate surface area is 146 Å². The van der Waals surface area contributed by atoms with Crippen LogP contribution in [0.15, 0.2) is 12.1 Å². The molecule has 0 bridgehead atoms. The Morgan fingerprint density at radius 1 is 1.38 bits per heavy atom. The van der Waals surface area contributed by atoms with Crippen molar-refractivity contribution in [3.8, 4) is 11.5 Å². The molecule has 1 fully saturated rings. The molecule has 0 aromatic heterocycles.